The fraction of sp³-hybridized carbons (Fsp3) is 0.588. The molecule has 0 aliphatic carbocycles. The van der Waals surface area contributed by atoms with E-state index in [0.717, 1.165) is 18.5 Å². The summed E-state index contributed by atoms with van der Waals surface area (Å²) in [5, 5.41) is 19.1. The lowest BCUT2D eigenvalue weighted by molar-refractivity contribution is -0.137. The van der Waals surface area contributed by atoms with Crippen molar-refractivity contribution in [1.82, 2.24) is 24.5 Å². The van der Waals surface area contributed by atoms with Gasteiger partial charge in [-0.15, -0.1) is 0 Å². The van der Waals surface area contributed by atoms with Crippen LogP contribution in [-0.4, -0.2) is 55.2 Å². The topological polar surface area (TPSA) is 85.4 Å². The van der Waals surface area contributed by atoms with Gasteiger partial charge in [-0.25, -0.2) is 0 Å². The Hall–Kier alpha value is -2.19. The van der Waals surface area contributed by atoms with Gasteiger partial charge in [0.05, 0.1) is 30.2 Å². The second-order valence-electron chi connectivity index (χ2n) is 6.29. The van der Waals surface area contributed by atoms with E-state index in [-0.39, 0.29) is 12.5 Å². The summed E-state index contributed by atoms with van der Waals surface area (Å²) >= 11 is 0. The van der Waals surface area contributed by atoms with E-state index in [1.807, 2.05) is 10.7 Å². The van der Waals surface area contributed by atoms with Crippen LogP contribution in [0.25, 0.3) is 0 Å². The zero-order valence-electron chi connectivity index (χ0n) is 14.8. The first-order valence-corrected chi connectivity index (χ1v) is 8.68. The number of carbonyl (C=O) groups excluding carboxylic acids is 1. The molecule has 0 unspecified atom stereocenters. The maximum absolute atomic E-state index is 12.3. The van der Waals surface area contributed by atoms with Gasteiger partial charge in [-0.2, -0.15) is 10.2 Å². The minimum Gasteiger partial charge on any atom is -0.380 e. The number of aryl methyl sites for hydroxylation is 1. The highest BCUT2D eigenvalue weighted by Gasteiger charge is 2.25. The molecule has 0 saturated carbocycles. The average molecular weight is 347 g/mol. The largest absolute Gasteiger partial charge is 0.380 e. The number of nitrogens with zero attached hydrogens (tertiary/aromatic N) is 5. The Balaban J connectivity index is 1.63. The predicted octanol–water partition coefficient (Wildman–Crippen LogP) is 0.857. The number of aliphatic hydroxyl groups is 1. The molecule has 1 atom stereocenters. The van der Waals surface area contributed by atoms with E-state index < -0.39 is 6.10 Å². The van der Waals surface area contributed by atoms with Crippen LogP contribution < -0.4 is 0 Å². The molecule has 3 rings (SSSR count). The number of hydrogen-bond acceptors (Lipinski definition) is 5. The normalized spacial score (nSPS) is 15.2. The molecule has 3 heterocycles. The molecule has 1 amide bonds. The second-order valence-corrected chi connectivity index (χ2v) is 6.29. The van der Waals surface area contributed by atoms with Gasteiger partial charge in [0.15, 0.2) is 0 Å². The molecule has 0 aromatic carbocycles. The van der Waals surface area contributed by atoms with Crippen LogP contribution in [0.15, 0.2) is 18.3 Å². The molecule has 0 bridgehead atoms. The summed E-state index contributed by atoms with van der Waals surface area (Å²) in [5.74, 6) is -0.00251. The third kappa shape index (κ3) is 3.91. The zero-order valence-corrected chi connectivity index (χ0v) is 14.8. The van der Waals surface area contributed by atoms with Crippen molar-refractivity contribution in [2.24, 2.45) is 7.05 Å². The van der Waals surface area contributed by atoms with Gasteiger partial charge >= 0.3 is 0 Å². The van der Waals surface area contributed by atoms with Crippen molar-refractivity contribution in [1.29, 1.82) is 0 Å². The van der Waals surface area contributed by atoms with Gasteiger partial charge in [-0.05, 0) is 18.6 Å². The molecular weight excluding hydrogens is 322 g/mol. The number of amides is 1. The van der Waals surface area contributed by atoms with Gasteiger partial charge in [-0.1, -0.05) is 13.3 Å². The monoisotopic (exact) mass is 347 g/mol. The lowest BCUT2D eigenvalue weighted by atomic mass is 10.1. The molecule has 2 aromatic heterocycles. The fourth-order valence-corrected chi connectivity index (χ4v) is 2.94. The van der Waals surface area contributed by atoms with Gasteiger partial charge in [0, 0.05) is 26.4 Å². The third-order valence-corrected chi connectivity index (χ3v) is 4.46. The van der Waals surface area contributed by atoms with E-state index >= 15 is 0 Å². The number of hydrogen-bond donors (Lipinski definition) is 1. The minimum absolute atomic E-state index is 0.00251. The lowest BCUT2D eigenvalue weighted by Gasteiger charge is -2.27. The zero-order chi connectivity index (χ0) is 17.8. The van der Waals surface area contributed by atoms with Crippen LogP contribution in [0.3, 0.4) is 0 Å². The first kappa shape index (κ1) is 17.6. The molecule has 8 heteroatoms. The van der Waals surface area contributed by atoms with Crippen molar-refractivity contribution in [3.05, 3.63) is 35.4 Å². The summed E-state index contributed by atoms with van der Waals surface area (Å²) in [5.41, 5.74) is 2.18. The van der Waals surface area contributed by atoms with Crippen molar-refractivity contribution in [3.63, 3.8) is 0 Å². The molecule has 0 saturated heterocycles. The Bertz CT molecular complexity index is 724. The SMILES string of the molecule is CCCCOCC(=O)N1CCn2nc([C@@H](O)c3ccnn3C)cc2C1. The molecule has 1 aliphatic rings. The van der Waals surface area contributed by atoms with Crippen molar-refractivity contribution in [2.45, 2.75) is 39.0 Å². The van der Waals surface area contributed by atoms with E-state index in [0.29, 0.717) is 37.6 Å². The van der Waals surface area contributed by atoms with Crippen molar-refractivity contribution in [2.75, 3.05) is 19.8 Å². The summed E-state index contributed by atoms with van der Waals surface area (Å²) in [6.45, 7) is 4.54. The second kappa shape index (κ2) is 7.79. The smallest absolute Gasteiger partial charge is 0.248 e. The summed E-state index contributed by atoms with van der Waals surface area (Å²) in [7, 11) is 1.79. The van der Waals surface area contributed by atoms with Crippen molar-refractivity contribution < 1.29 is 14.6 Å². The number of ether oxygens (including phenoxy) is 1. The van der Waals surface area contributed by atoms with Gasteiger partial charge in [0.1, 0.15) is 12.7 Å². The number of aliphatic hydroxyl groups excluding tert-OH is 1. The number of rotatable bonds is 7. The van der Waals surface area contributed by atoms with E-state index in [4.69, 9.17) is 4.74 Å². The van der Waals surface area contributed by atoms with Gasteiger partial charge in [0.2, 0.25) is 5.91 Å². The maximum atomic E-state index is 12.3. The summed E-state index contributed by atoms with van der Waals surface area (Å²) < 4.78 is 8.91. The molecule has 2 aromatic rings. The van der Waals surface area contributed by atoms with E-state index in [1.54, 1.807) is 28.9 Å². The molecular formula is C17H25N5O3. The van der Waals surface area contributed by atoms with Gasteiger partial charge in [0.25, 0.3) is 0 Å². The highest BCUT2D eigenvalue weighted by molar-refractivity contribution is 5.77. The molecule has 0 spiro atoms. The molecule has 25 heavy (non-hydrogen) atoms. The van der Waals surface area contributed by atoms with Crippen LogP contribution in [0.2, 0.25) is 0 Å². The van der Waals surface area contributed by atoms with Crippen molar-refractivity contribution >= 4 is 5.91 Å². The minimum atomic E-state index is -0.827. The molecule has 1 N–H and O–H groups in total. The number of unbranched alkanes of at least 4 members (excludes halogenated alkanes) is 1. The summed E-state index contributed by atoms with van der Waals surface area (Å²) in [6, 6.07) is 3.63. The lowest BCUT2D eigenvalue weighted by Crippen LogP contribution is -2.40. The standard InChI is InChI=1S/C17H25N5O3/c1-3-4-9-25-12-16(23)21-7-8-22-13(11-21)10-14(19-22)17(24)15-5-6-18-20(15)2/h5-6,10,17,24H,3-4,7-9,11-12H2,1-2H3/t17-/m1/s1. The Kier molecular flexibility index (Phi) is 5.50. The summed E-state index contributed by atoms with van der Waals surface area (Å²) in [6.07, 6.45) is 2.84. The number of aromatic nitrogens is 4. The first-order valence-electron chi connectivity index (χ1n) is 8.68. The maximum Gasteiger partial charge on any atom is 0.248 e. The van der Waals surface area contributed by atoms with Crippen LogP contribution in [-0.2, 0) is 29.7 Å². The van der Waals surface area contributed by atoms with Crippen LogP contribution in [0.5, 0.6) is 0 Å². The molecule has 136 valence electrons. The highest BCUT2D eigenvalue weighted by Crippen LogP contribution is 2.23. The van der Waals surface area contributed by atoms with Crippen LogP contribution in [0, 0.1) is 0 Å². The van der Waals surface area contributed by atoms with Crippen LogP contribution in [0.4, 0.5) is 0 Å². The molecule has 0 radical (unpaired) electrons. The molecule has 8 nitrogen and oxygen atoms in total. The Morgan fingerprint density at radius 1 is 1.44 bits per heavy atom. The van der Waals surface area contributed by atoms with E-state index in [2.05, 4.69) is 17.1 Å². The Labute approximate surface area is 147 Å². The summed E-state index contributed by atoms with van der Waals surface area (Å²) in [4.78, 5) is 14.0. The highest BCUT2D eigenvalue weighted by atomic mass is 16.5. The predicted molar refractivity (Wildman–Crippen MR) is 90.6 cm³/mol. The van der Waals surface area contributed by atoms with Crippen molar-refractivity contribution in [3.8, 4) is 0 Å². The number of carbonyl (C=O) groups is 1. The quantitative estimate of drug-likeness (QED) is 0.751. The Morgan fingerprint density at radius 3 is 3.00 bits per heavy atom. The van der Waals surface area contributed by atoms with Gasteiger partial charge < -0.3 is 14.7 Å². The third-order valence-electron chi connectivity index (χ3n) is 4.46. The average Bonchev–Trinajstić information content (AvgIpc) is 3.23. The Morgan fingerprint density at radius 2 is 2.28 bits per heavy atom. The first-order chi connectivity index (χ1) is 12.1. The fourth-order valence-electron chi connectivity index (χ4n) is 2.94. The van der Waals surface area contributed by atoms with E-state index in [9.17, 15) is 9.90 Å². The van der Waals surface area contributed by atoms with Crippen LogP contribution in [0.1, 0.15) is 43.0 Å². The van der Waals surface area contributed by atoms with Crippen LogP contribution >= 0.6 is 0 Å². The van der Waals surface area contributed by atoms with Gasteiger partial charge in [-0.3, -0.25) is 14.2 Å². The number of fused-ring (bicyclic) bond motifs is 1. The van der Waals surface area contributed by atoms with E-state index in [1.165, 1.54) is 0 Å². The molecule has 1 aliphatic heterocycles. The molecule has 0 fully saturated rings.